The highest BCUT2D eigenvalue weighted by Gasteiger charge is 2.06. The Morgan fingerprint density at radius 3 is 1.93 bits per heavy atom. The van der Waals surface area contributed by atoms with Crippen LogP contribution in [0.5, 0.6) is 5.75 Å². The van der Waals surface area contributed by atoms with Crippen molar-refractivity contribution in [2.24, 2.45) is 0 Å². The van der Waals surface area contributed by atoms with E-state index in [-0.39, 0.29) is 19.0 Å². The quantitative estimate of drug-likeness (QED) is 0.545. The predicted molar refractivity (Wildman–Crippen MR) is 105 cm³/mol. The predicted octanol–water partition coefficient (Wildman–Crippen LogP) is 2.43. The number of rotatable bonds is 7. The van der Waals surface area contributed by atoms with Crippen LogP contribution in [0.1, 0.15) is 10.4 Å². The van der Waals surface area contributed by atoms with E-state index >= 15 is 0 Å². The summed E-state index contributed by atoms with van der Waals surface area (Å²) >= 11 is 0. The summed E-state index contributed by atoms with van der Waals surface area (Å²) in [5, 5.41) is 10.5. The number of hydrogen-bond donors (Lipinski definition) is 4. The van der Waals surface area contributed by atoms with E-state index < -0.39 is 12.1 Å². The zero-order valence-electron chi connectivity index (χ0n) is 15.6. The van der Waals surface area contributed by atoms with Gasteiger partial charge in [-0.15, -0.1) is 0 Å². The van der Waals surface area contributed by atoms with Crippen LogP contribution in [0.3, 0.4) is 0 Å². The van der Waals surface area contributed by atoms with Crippen LogP contribution in [-0.2, 0) is 4.74 Å². The Kier molecular flexibility index (Phi) is 7.64. The first-order valence-electron chi connectivity index (χ1n) is 8.44. The normalized spacial score (nSPS) is 9.79. The highest BCUT2D eigenvalue weighted by Crippen LogP contribution is 2.13. The van der Waals surface area contributed by atoms with Gasteiger partial charge in [0.25, 0.3) is 5.91 Å². The molecule has 0 saturated heterocycles. The van der Waals surface area contributed by atoms with Gasteiger partial charge in [0.15, 0.2) is 0 Å². The molecule has 0 bridgehead atoms. The molecule has 4 amide bonds. The molecule has 148 valence electrons. The van der Waals surface area contributed by atoms with Crippen LogP contribution < -0.4 is 26.0 Å². The van der Waals surface area contributed by atoms with Crippen molar-refractivity contribution in [3.63, 3.8) is 0 Å². The Morgan fingerprint density at radius 2 is 1.36 bits per heavy atom. The number of methoxy groups -OCH3 is 2. The fourth-order valence-corrected chi connectivity index (χ4v) is 2.18. The number of amides is 4. The average Bonchev–Trinajstić information content (AvgIpc) is 2.72. The fraction of sp³-hybridized carbons (Fsp3) is 0.211. The van der Waals surface area contributed by atoms with E-state index in [1.807, 2.05) is 0 Å². The van der Waals surface area contributed by atoms with Crippen molar-refractivity contribution in [3.8, 4) is 5.75 Å². The van der Waals surface area contributed by atoms with Crippen molar-refractivity contribution < 1.29 is 23.9 Å². The highest BCUT2D eigenvalue weighted by molar-refractivity contribution is 5.94. The van der Waals surface area contributed by atoms with Crippen molar-refractivity contribution in [3.05, 3.63) is 54.1 Å². The average molecular weight is 386 g/mol. The van der Waals surface area contributed by atoms with Crippen molar-refractivity contribution in [1.29, 1.82) is 0 Å². The maximum absolute atomic E-state index is 12.0. The molecule has 0 aliphatic heterocycles. The molecule has 0 unspecified atom stereocenters. The number of carbonyl (C=O) groups excluding carboxylic acids is 3. The maximum Gasteiger partial charge on any atom is 0.411 e. The van der Waals surface area contributed by atoms with Gasteiger partial charge in [-0.25, -0.2) is 9.59 Å². The molecule has 0 radical (unpaired) electrons. The van der Waals surface area contributed by atoms with Crippen molar-refractivity contribution in [2.75, 3.05) is 37.9 Å². The first-order chi connectivity index (χ1) is 13.5. The van der Waals surface area contributed by atoms with Gasteiger partial charge in [0.05, 0.1) is 14.2 Å². The second kappa shape index (κ2) is 10.4. The third kappa shape index (κ3) is 6.52. The van der Waals surface area contributed by atoms with Gasteiger partial charge in [-0.3, -0.25) is 10.1 Å². The Labute approximate surface area is 162 Å². The van der Waals surface area contributed by atoms with Gasteiger partial charge in [-0.2, -0.15) is 0 Å². The third-order valence-electron chi connectivity index (χ3n) is 3.62. The summed E-state index contributed by atoms with van der Waals surface area (Å²) in [5.74, 6) is 0.433. The van der Waals surface area contributed by atoms with Gasteiger partial charge in [0, 0.05) is 30.0 Å². The van der Waals surface area contributed by atoms with Gasteiger partial charge in [0.1, 0.15) is 5.75 Å². The molecule has 2 aromatic carbocycles. The molecule has 2 rings (SSSR count). The van der Waals surface area contributed by atoms with E-state index in [2.05, 4.69) is 26.0 Å². The summed E-state index contributed by atoms with van der Waals surface area (Å²) in [6.45, 7) is 0.538. The van der Waals surface area contributed by atoms with Crippen LogP contribution >= 0.6 is 0 Å². The molecule has 0 aliphatic rings. The molecule has 0 aliphatic carbocycles. The lowest BCUT2D eigenvalue weighted by Gasteiger charge is -2.10. The Morgan fingerprint density at radius 1 is 0.786 bits per heavy atom. The van der Waals surface area contributed by atoms with Crippen LogP contribution in [0.4, 0.5) is 21.0 Å². The van der Waals surface area contributed by atoms with E-state index in [1.54, 1.807) is 55.6 Å². The van der Waals surface area contributed by atoms with E-state index in [0.717, 1.165) is 0 Å². The molecule has 9 heteroatoms. The zero-order chi connectivity index (χ0) is 20.4. The van der Waals surface area contributed by atoms with Crippen LogP contribution in [0.15, 0.2) is 48.5 Å². The summed E-state index contributed by atoms with van der Waals surface area (Å²) < 4.78 is 9.53. The second-order valence-corrected chi connectivity index (χ2v) is 5.56. The molecule has 0 heterocycles. The van der Waals surface area contributed by atoms with Crippen molar-refractivity contribution in [1.82, 2.24) is 10.6 Å². The van der Waals surface area contributed by atoms with Gasteiger partial charge < -0.3 is 25.4 Å². The zero-order valence-corrected chi connectivity index (χ0v) is 15.6. The SMILES string of the molecule is COC(=O)Nc1ccc(NC(=O)NCCNC(=O)c2ccc(OC)cc2)cc1. The molecular formula is C19H22N4O5. The highest BCUT2D eigenvalue weighted by atomic mass is 16.5. The smallest absolute Gasteiger partial charge is 0.411 e. The van der Waals surface area contributed by atoms with Gasteiger partial charge in [-0.1, -0.05) is 0 Å². The van der Waals surface area contributed by atoms with E-state index in [0.29, 0.717) is 22.7 Å². The number of hydrogen-bond acceptors (Lipinski definition) is 5. The van der Waals surface area contributed by atoms with Crippen molar-refractivity contribution in [2.45, 2.75) is 0 Å². The van der Waals surface area contributed by atoms with Crippen LogP contribution in [0.2, 0.25) is 0 Å². The first kappa shape index (κ1) is 20.6. The molecule has 0 fully saturated rings. The number of anilines is 2. The van der Waals surface area contributed by atoms with Crippen LogP contribution in [0, 0.1) is 0 Å². The Hall–Kier alpha value is -3.75. The largest absolute Gasteiger partial charge is 0.497 e. The lowest BCUT2D eigenvalue weighted by Crippen LogP contribution is -2.36. The number of nitrogens with one attached hydrogen (secondary N) is 4. The van der Waals surface area contributed by atoms with E-state index in [4.69, 9.17) is 4.74 Å². The lowest BCUT2D eigenvalue weighted by molar-refractivity contribution is 0.0954. The molecule has 9 nitrogen and oxygen atoms in total. The number of benzene rings is 2. The molecule has 2 aromatic rings. The summed E-state index contributed by atoms with van der Waals surface area (Å²) in [4.78, 5) is 35.0. The monoisotopic (exact) mass is 386 g/mol. The molecular weight excluding hydrogens is 364 g/mol. The van der Waals surface area contributed by atoms with Gasteiger partial charge in [0.2, 0.25) is 0 Å². The number of urea groups is 1. The number of ether oxygens (including phenoxy) is 2. The van der Waals surface area contributed by atoms with E-state index in [1.165, 1.54) is 7.11 Å². The molecule has 0 atom stereocenters. The Bertz CT molecular complexity index is 806. The van der Waals surface area contributed by atoms with Crippen LogP contribution in [-0.4, -0.2) is 45.3 Å². The standard InChI is InChI=1S/C19H22N4O5/c1-27-16-9-3-13(4-10-16)17(24)20-11-12-21-18(25)22-14-5-7-15(8-6-14)23-19(26)28-2/h3-10H,11-12H2,1-2H3,(H,20,24)(H,23,26)(H2,21,22,25). The summed E-state index contributed by atoms with van der Waals surface area (Å²) in [6, 6.07) is 12.8. The summed E-state index contributed by atoms with van der Waals surface area (Å²) in [7, 11) is 2.83. The third-order valence-corrected chi connectivity index (χ3v) is 3.62. The van der Waals surface area contributed by atoms with Crippen molar-refractivity contribution >= 4 is 29.4 Å². The Balaban J connectivity index is 1.69. The van der Waals surface area contributed by atoms with Gasteiger partial charge in [-0.05, 0) is 48.5 Å². The maximum atomic E-state index is 12.0. The molecule has 28 heavy (non-hydrogen) atoms. The number of carbonyl (C=O) groups is 3. The molecule has 0 spiro atoms. The minimum Gasteiger partial charge on any atom is -0.497 e. The summed E-state index contributed by atoms with van der Waals surface area (Å²) in [5.41, 5.74) is 1.60. The van der Waals surface area contributed by atoms with E-state index in [9.17, 15) is 14.4 Å². The van der Waals surface area contributed by atoms with Gasteiger partial charge >= 0.3 is 12.1 Å². The minimum atomic E-state index is -0.574. The molecule has 0 aromatic heterocycles. The summed E-state index contributed by atoms with van der Waals surface area (Å²) in [6.07, 6.45) is -0.574. The fourth-order valence-electron chi connectivity index (χ4n) is 2.18. The first-order valence-corrected chi connectivity index (χ1v) is 8.44. The van der Waals surface area contributed by atoms with Crippen LogP contribution in [0.25, 0.3) is 0 Å². The topological polar surface area (TPSA) is 118 Å². The minimum absolute atomic E-state index is 0.237. The lowest BCUT2D eigenvalue weighted by atomic mass is 10.2. The molecule has 4 N–H and O–H groups in total. The molecule has 0 saturated carbocycles. The second-order valence-electron chi connectivity index (χ2n) is 5.56.